The van der Waals surface area contributed by atoms with Gasteiger partial charge in [-0.05, 0) is 18.1 Å². The molecule has 0 saturated heterocycles. The van der Waals surface area contributed by atoms with Crippen LogP contribution < -0.4 is 5.32 Å². The molecule has 96 valence electrons. The van der Waals surface area contributed by atoms with E-state index >= 15 is 0 Å². The molecule has 2 rings (SSSR count). The lowest BCUT2D eigenvalue weighted by Gasteiger charge is -2.18. The summed E-state index contributed by atoms with van der Waals surface area (Å²) in [4.78, 5) is 0. The monoisotopic (exact) mass is 249 g/mol. The molecule has 0 unspecified atom stereocenters. The van der Waals surface area contributed by atoms with Crippen LogP contribution in [0.2, 0.25) is 0 Å². The van der Waals surface area contributed by atoms with E-state index in [1.807, 2.05) is 6.92 Å². The maximum Gasteiger partial charge on any atom is 0.0576 e. The second kappa shape index (κ2) is 7.41. The van der Waals surface area contributed by atoms with Gasteiger partial charge in [-0.15, -0.1) is 5.92 Å². The van der Waals surface area contributed by atoms with Gasteiger partial charge in [0.1, 0.15) is 0 Å². The van der Waals surface area contributed by atoms with E-state index in [1.54, 1.807) is 0 Å². The molecule has 2 aromatic rings. The second-order valence-corrected chi connectivity index (χ2v) is 4.43. The first-order valence-electron chi connectivity index (χ1n) is 6.62. The van der Waals surface area contributed by atoms with Crippen LogP contribution in [0.25, 0.3) is 0 Å². The van der Waals surface area contributed by atoms with Crippen molar-refractivity contribution in [3.8, 4) is 11.8 Å². The van der Waals surface area contributed by atoms with Crippen LogP contribution in [0.15, 0.2) is 60.7 Å². The largest absolute Gasteiger partial charge is 0.305 e. The molecule has 0 aliphatic heterocycles. The van der Waals surface area contributed by atoms with Gasteiger partial charge in [0, 0.05) is 12.5 Å². The summed E-state index contributed by atoms with van der Waals surface area (Å²) >= 11 is 0. The molecule has 19 heavy (non-hydrogen) atoms. The van der Waals surface area contributed by atoms with E-state index in [0.717, 1.165) is 13.1 Å². The van der Waals surface area contributed by atoms with Crippen LogP contribution in [-0.4, -0.2) is 13.1 Å². The maximum absolute atomic E-state index is 3.41. The van der Waals surface area contributed by atoms with Gasteiger partial charge in [0.25, 0.3) is 0 Å². The molecular formula is C18H19N. The Bertz CT molecular complexity index is 495. The van der Waals surface area contributed by atoms with E-state index in [-0.39, 0.29) is 0 Å². The molecule has 0 amide bonds. The molecular weight excluding hydrogens is 230 g/mol. The van der Waals surface area contributed by atoms with Gasteiger partial charge in [-0.2, -0.15) is 0 Å². The molecule has 0 atom stereocenters. The highest BCUT2D eigenvalue weighted by Crippen LogP contribution is 2.23. The average molecular weight is 249 g/mol. The summed E-state index contributed by atoms with van der Waals surface area (Å²) in [6.45, 7) is 3.52. The zero-order chi connectivity index (χ0) is 13.3. The van der Waals surface area contributed by atoms with E-state index in [4.69, 9.17) is 0 Å². The molecule has 0 fully saturated rings. The van der Waals surface area contributed by atoms with Gasteiger partial charge in [-0.3, -0.25) is 0 Å². The first-order chi connectivity index (χ1) is 9.42. The van der Waals surface area contributed by atoms with E-state index < -0.39 is 0 Å². The minimum atomic E-state index is 0.376. The van der Waals surface area contributed by atoms with Crippen LogP contribution >= 0.6 is 0 Å². The smallest absolute Gasteiger partial charge is 0.0576 e. The van der Waals surface area contributed by atoms with Gasteiger partial charge in [-0.25, -0.2) is 0 Å². The van der Waals surface area contributed by atoms with Crippen molar-refractivity contribution in [2.45, 2.75) is 12.8 Å². The minimum Gasteiger partial charge on any atom is -0.305 e. The lowest BCUT2D eigenvalue weighted by molar-refractivity contribution is 0.682. The molecule has 0 aliphatic carbocycles. The Kier molecular flexibility index (Phi) is 5.22. The summed E-state index contributed by atoms with van der Waals surface area (Å²) in [6.07, 6.45) is 0. The predicted octanol–water partition coefficient (Wildman–Crippen LogP) is 3.43. The van der Waals surface area contributed by atoms with Crippen molar-refractivity contribution < 1.29 is 0 Å². The Hall–Kier alpha value is -2.04. The van der Waals surface area contributed by atoms with Crippen LogP contribution in [0.3, 0.4) is 0 Å². The van der Waals surface area contributed by atoms with E-state index in [0.29, 0.717) is 5.92 Å². The van der Waals surface area contributed by atoms with Gasteiger partial charge in [0.05, 0.1) is 6.54 Å². The normalized spacial score (nSPS) is 10.0. The molecule has 2 aromatic carbocycles. The van der Waals surface area contributed by atoms with Gasteiger partial charge < -0.3 is 5.32 Å². The molecule has 0 aromatic heterocycles. The summed E-state index contributed by atoms with van der Waals surface area (Å²) < 4.78 is 0. The van der Waals surface area contributed by atoms with E-state index in [2.05, 4.69) is 77.8 Å². The lowest BCUT2D eigenvalue weighted by atomic mass is 9.91. The van der Waals surface area contributed by atoms with E-state index in [9.17, 15) is 0 Å². The number of hydrogen-bond acceptors (Lipinski definition) is 1. The summed E-state index contributed by atoms with van der Waals surface area (Å²) in [5.41, 5.74) is 2.68. The third-order valence-electron chi connectivity index (χ3n) is 3.14. The Morgan fingerprint density at radius 2 is 1.42 bits per heavy atom. The molecule has 0 heterocycles. The Morgan fingerprint density at radius 3 is 1.89 bits per heavy atom. The summed E-state index contributed by atoms with van der Waals surface area (Å²) in [6, 6.07) is 21.2. The molecule has 1 N–H and O–H groups in total. The highest BCUT2D eigenvalue weighted by molar-refractivity contribution is 5.32. The second-order valence-electron chi connectivity index (χ2n) is 4.43. The summed E-state index contributed by atoms with van der Waals surface area (Å²) in [5, 5.41) is 3.41. The Morgan fingerprint density at radius 1 is 0.895 bits per heavy atom. The quantitative estimate of drug-likeness (QED) is 0.632. The van der Waals surface area contributed by atoms with Crippen LogP contribution in [0, 0.1) is 11.8 Å². The standard InChI is InChI=1S/C18H19N/c1-2-3-14-19-15-18(16-10-6-4-7-11-16)17-12-8-5-9-13-17/h4-13,18-19H,14-15H2,1H3. The average Bonchev–Trinajstić information content (AvgIpc) is 2.49. The molecule has 0 radical (unpaired) electrons. The number of nitrogens with one attached hydrogen (secondary N) is 1. The van der Waals surface area contributed by atoms with Crippen molar-refractivity contribution in [3.05, 3.63) is 71.8 Å². The third kappa shape index (κ3) is 3.98. The number of hydrogen-bond donors (Lipinski definition) is 1. The highest BCUT2D eigenvalue weighted by atomic mass is 14.8. The zero-order valence-corrected chi connectivity index (χ0v) is 11.3. The topological polar surface area (TPSA) is 12.0 Å². The molecule has 0 aliphatic rings. The van der Waals surface area contributed by atoms with Crippen molar-refractivity contribution in [2.75, 3.05) is 13.1 Å². The van der Waals surface area contributed by atoms with Crippen LogP contribution in [0.1, 0.15) is 24.0 Å². The van der Waals surface area contributed by atoms with Crippen molar-refractivity contribution in [1.82, 2.24) is 5.32 Å². The predicted molar refractivity (Wildman–Crippen MR) is 81.0 cm³/mol. The van der Waals surface area contributed by atoms with Crippen molar-refractivity contribution >= 4 is 0 Å². The fourth-order valence-electron chi connectivity index (χ4n) is 2.17. The van der Waals surface area contributed by atoms with Crippen molar-refractivity contribution in [2.24, 2.45) is 0 Å². The lowest BCUT2D eigenvalue weighted by Crippen LogP contribution is -2.22. The maximum atomic E-state index is 3.41. The van der Waals surface area contributed by atoms with Gasteiger partial charge in [0.2, 0.25) is 0 Å². The molecule has 1 nitrogen and oxygen atoms in total. The Balaban J connectivity index is 2.16. The van der Waals surface area contributed by atoms with Gasteiger partial charge >= 0.3 is 0 Å². The number of benzene rings is 2. The molecule has 1 heteroatoms. The Labute approximate surface area is 115 Å². The number of rotatable bonds is 5. The van der Waals surface area contributed by atoms with Crippen LogP contribution in [-0.2, 0) is 0 Å². The van der Waals surface area contributed by atoms with E-state index in [1.165, 1.54) is 11.1 Å². The fraction of sp³-hybridized carbons (Fsp3) is 0.222. The third-order valence-corrected chi connectivity index (χ3v) is 3.14. The highest BCUT2D eigenvalue weighted by Gasteiger charge is 2.12. The first kappa shape index (κ1) is 13.4. The molecule has 0 spiro atoms. The SMILES string of the molecule is CC#CCNCC(c1ccccc1)c1ccccc1. The molecule has 0 saturated carbocycles. The van der Waals surface area contributed by atoms with Crippen molar-refractivity contribution in [1.29, 1.82) is 0 Å². The van der Waals surface area contributed by atoms with Gasteiger partial charge in [-0.1, -0.05) is 66.6 Å². The zero-order valence-electron chi connectivity index (χ0n) is 11.3. The fourth-order valence-corrected chi connectivity index (χ4v) is 2.17. The van der Waals surface area contributed by atoms with Crippen molar-refractivity contribution in [3.63, 3.8) is 0 Å². The van der Waals surface area contributed by atoms with Crippen LogP contribution in [0.4, 0.5) is 0 Å². The van der Waals surface area contributed by atoms with Crippen LogP contribution in [0.5, 0.6) is 0 Å². The molecule has 0 bridgehead atoms. The summed E-state index contributed by atoms with van der Waals surface area (Å²) in [7, 11) is 0. The minimum absolute atomic E-state index is 0.376. The van der Waals surface area contributed by atoms with Gasteiger partial charge in [0.15, 0.2) is 0 Å². The first-order valence-corrected chi connectivity index (χ1v) is 6.62. The summed E-state index contributed by atoms with van der Waals surface area (Å²) in [5.74, 6) is 6.33.